The molecule has 0 saturated carbocycles. The first kappa shape index (κ1) is 15.8. The van der Waals surface area contributed by atoms with Crippen LogP contribution in [0, 0.1) is 0 Å². The summed E-state index contributed by atoms with van der Waals surface area (Å²) in [5.41, 5.74) is 7.15. The van der Waals surface area contributed by atoms with Gasteiger partial charge in [-0.1, -0.05) is 110 Å². The van der Waals surface area contributed by atoms with E-state index in [1.807, 2.05) is 18.2 Å². The molecular formula is C24H20. The Morgan fingerprint density at radius 1 is 0.625 bits per heavy atom. The van der Waals surface area contributed by atoms with Crippen LogP contribution in [0.5, 0.6) is 0 Å². The van der Waals surface area contributed by atoms with Crippen molar-refractivity contribution < 1.29 is 0 Å². The van der Waals surface area contributed by atoms with Crippen molar-refractivity contribution in [3.05, 3.63) is 116 Å². The Morgan fingerprint density at radius 2 is 1.17 bits per heavy atom. The topological polar surface area (TPSA) is 0 Å². The highest BCUT2D eigenvalue weighted by atomic mass is 14.1. The summed E-state index contributed by atoms with van der Waals surface area (Å²) in [4.78, 5) is 0. The van der Waals surface area contributed by atoms with Crippen LogP contribution in [0.1, 0.15) is 5.56 Å². The van der Waals surface area contributed by atoms with Crippen LogP contribution in [0.2, 0.25) is 0 Å². The first-order valence-electron chi connectivity index (χ1n) is 8.04. The zero-order chi connectivity index (χ0) is 16.8. The van der Waals surface area contributed by atoms with Gasteiger partial charge in [0, 0.05) is 0 Å². The zero-order valence-electron chi connectivity index (χ0n) is 13.7. The Hall–Kier alpha value is -3.12. The van der Waals surface area contributed by atoms with Crippen LogP contribution in [0.15, 0.2) is 110 Å². The summed E-state index contributed by atoms with van der Waals surface area (Å²) in [5.74, 6) is 0. The fourth-order valence-corrected chi connectivity index (χ4v) is 2.86. The van der Waals surface area contributed by atoms with Gasteiger partial charge in [0.25, 0.3) is 0 Å². The van der Waals surface area contributed by atoms with Gasteiger partial charge in [-0.15, -0.1) is 0 Å². The Kier molecular flexibility index (Phi) is 4.88. The second-order valence-corrected chi connectivity index (χ2v) is 5.55. The van der Waals surface area contributed by atoms with Gasteiger partial charge in [-0.3, -0.25) is 0 Å². The third-order valence-electron chi connectivity index (χ3n) is 4.06. The van der Waals surface area contributed by atoms with Gasteiger partial charge in [-0.2, -0.15) is 0 Å². The van der Waals surface area contributed by atoms with E-state index in [1.165, 1.54) is 22.3 Å². The molecule has 3 aromatic rings. The quantitative estimate of drug-likeness (QED) is 0.456. The third kappa shape index (κ3) is 3.28. The van der Waals surface area contributed by atoms with E-state index in [9.17, 15) is 0 Å². The Balaban J connectivity index is 2.03. The first-order valence-corrected chi connectivity index (χ1v) is 8.04. The minimum atomic E-state index is 1.08. The van der Waals surface area contributed by atoms with Gasteiger partial charge < -0.3 is 0 Å². The Morgan fingerprint density at radius 3 is 1.71 bits per heavy atom. The highest BCUT2D eigenvalue weighted by molar-refractivity contribution is 5.84. The van der Waals surface area contributed by atoms with E-state index in [0.717, 1.165) is 11.1 Å². The molecule has 0 bridgehead atoms. The van der Waals surface area contributed by atoms with E-state index >= 15 is 0 Å². The van der Waals surface area contributed by atoms with Crippen LogP contribution in [-0.4, -0.2) is 0 Å². The van der Waals surface area contributed by atoms with Crippen LogP contribution in [0.4, 0.5) is 0 Å². The van der Waals surface area contributed by atoms with E-state index < -0.39 is 0 Å². The summed E-state index contributed by atoms with van der Waals surface area (Å²) in [6.45, 7) is 7.63. The first-order chi connectivity index (χ1) is 11.8. The number of benzene rings is 3. The molecule has 0 heterocycles. The molecule has 116 valence electrons. The average molecular weight is 308 g/mol. The molecule has 0 amide bonds. The van der Waals surface area contributed by atoms with Gasteiger partial charge in [-0.25, -0.2) is 0 Å². The van der Waals surface area contributed by atoms with E-state index in [4.69, 9.17) is 0 Å². The number of hydrogen-bond acceptors (Lipinski definition) is 0. The SMILES string of the molecule is C=C/C=C(\C=C)c1ccc(-c2ccccc2-c2ccccc2)cc1. The molecule has 0 atom stereocenters. The van der Waals surface area contributed by atoms with Crippen molar-refractivity contribution >= 4 is 5.57 Å². The molecular weight excluding hydrogens is 288 g/mol. The van der Waals surface area contributed by atoms with Gasteiger partial charge >= 0.3 is 0 Å². The molecule has 3 rings (SSSR count). The Labute approximate surface area is 144 Å². The van der Waals surface area contributed by atoms with Crippen molar-refractivity contribution in [1.82, 2.24) is 0 Å². The molecule has 24 heavy (non-hydrogen) atoms. The molecule has 0 aliphatic heterocycles. The molecule has 0 fully saturated rings. The molecule has 0 heteroatoms. The number of rotatable bonds is 5. The van der Waals surface area contributed by atoms with Crippen molar-refractivity contribution in [2.75, 3.05) is 0 Å². The lowest BCUT2D eigenvalue weighted by molar-refractivity contribution is 1.56. The van der Waals surface area contributed by atoms with Gasteiger partial charge in [0.2, 0.25) is 0 Å². The maximum absolute atomic E-state index is 3.87. The molecule has 0 nitrogen and oxygen atoms in total. The molecule has 0 spiro atoms. The lowest BCUT2D eigenvalue weighted by Gasteiger charge is -2.11. The maximum Gasteiger partial charge on any atom is -0.0105 e. The molecule has 0 aromatic heterocycles. The number of allylic oxidation sites excluding steroid dienone is 4. The van der Waals surface area contributed by atoms with Crippen LogP contribution in [0.25, 0.3) is 27.8 Å². The van der Waals surface area contributed by atoms with Gasteiger partial charge in [0.15, 0.2) is 0 Å². The third-order valence-corrected chi connectivity index (χ3v) is 4.06. The predicted molar refractivity (Wildman–Crippen MR) is 106 cm³/mol. The molecule has 3 aromatic carbocycles. The van der Waals surface area contributed by atoms with E-state index in [2.05, 4.69) is 86.0 Å². The van der Waals surface area contributed by atoms with Crippen molar-refractivity contribution in [2.24, 2.45) is 0 Å². The highest BCUT2D eigenvalue weighted by Crippen LogP contribution is 2.32. The van der Waals surface area contributed by atoms with Crippen LogP contribution < -0.4 is 0 Å². The summed E-state index contributed by atoms with van der Waals surface area (Å²) in [5, 5.41) is 0. The largest absolute Gasteiger partial charge is 0.0990 e. The fourth-order valence-electron chi connectivity index (χ4n) is 2.86. The van der Waals surface area contributed by atoms with Crippen LogP contribution >= 0.6 is 0 Å². The van der Waals surface area contributed by atoms with Crippen molar-refractivity contribution in [3.63, 3.8) is 0 Å². The van der Waals surface area contributed by atoms with Crippen LogP contribution in [0.3, 0.4) is 0 Å². The summed E-state index contributed by atoms with van der Waals surface area (Å²) < 4.78 is 0. The zero-order valence-corrected chi connectivity index (χ0v) is 13.7. The highest BCUT2D eigenvalue weighted by Gasteiger charge is 2.07. The fraction of sp³-hybridized carbons (Fsp3) is 0. The van der Waals surface area contributed by atoms with Crippen molar-refractivity contribution in [1.29, 1.82) is 0 Å². The maximum atomic E-state index is 3.87. The summed E-state index contributed by atoms with van der Waals surface area (Å²) >= 11 is 0. The van der Waals surface area contributed by atoms with Gasteiger partial charge in [-0.05, 0) is 33.4 Å². The molecule has 0 unspecified atom stereocenters. The van der Waals surface area contributed by atoms with E-state index in [0.29, 0.717) is 0 Å². The predicted octanol–water partition coefficient (Wildman–Crippen LogP) is 6.78. The van der Waals surface area contributed by atoms with Gasteiger partial charge in [0.1, 0.15) is 0 Å². The summed E-state index contributed by atoms with van der Waals surface area (Å²) in [6.07, 6.45) is 5.62. The van der Waals surface area contributed by atoms with Crippen LogP contribution in [-0.2, 0) is 0 Å². The second kappa shape index (κ2) is 7.43. The monoisotopic (exact) mass is 308 g/mol. The second-order valence-electron chi connectivity index (χ2n) is 5.55. The van der Waals surface area contributed by atoms with E-state index in [-0.39, 0.29) is 0 Å². The minimum absolute atomic E-state index is 1.08. The standard InChI is InChI=1S/C24H20/c1-3-10-19(4-2)20-15-17-22(18-16-20)24-14-9-8-13-23(24)21-11-6-5-7-12-21/h3-18H,1-2H2/b19-10+. The Bertz CT molecular complexity index is 865. The normalized spacial score (nSPS) is 11.1. The molecule has 0 radical (unpaired) electrons. The summed E-state index contributed by atoms with van der Waals surface area (Å²) in [6, 6.07) is 27.6. The van der Waals surface area contributed by atoms with Crippen molar-refractivity contribution in [2.45, 2.75) is 0 Å². The summed E-state index contributed by atoms with van der Waals surface area (Å²) in [7, 11) is 0. The average Bonchev–Trinajstić information content (AvgIpc) is 2.67. The molecule has 0 aliphatic carbocycles. The molecule has 0 N–H and O–H groups in total. The van der Waals surface area contributed by atoms with E-state index in [1.54, 1.807) is 6.08 Å². The molecule has 0 saturated heterocycles. The lowest BCUT2D eigenvalue weighted by atomic mass is 9.93. The smallest absolute Gasteiger partial charge is 0.0105 e. The molecule has 0 aliphatic rings. The van der Waals surface area contributed by atoms with Crippen molar-refractivity contribution in [3.8, 4) is 22.3 Å². The van der Waals surface area contributed by atoms with Gasteiger partial charge in [0.05, 0.1) is 0 Å². The lowest BCUT2D eigenvalue weighted by Crippen LogP contribution is -1.86. The minimum Gasteiger partial charge on any atom is -0.0990 e. The number of hydrogen-bond donors (Lipinski definition) is 0.